The number of hydrogen-bond donors (Lipinski definition) is 2. The molecular formula is C25H16BrClN2O6. The number of halogens is 2. The van der Waals surface area contributed by atoms with Crippen LogP contribution in [0.1, 0.15) is 21.5 Å². The van der Waals surface area contributed by atoms with Crippen molar-refractivity contribution >= 4 is 63.1 Å². The van der Waals surface area contributed by atoms with Crippen LogP contribution in [-0.4, -0.2) is 28.9 Å². The molecule has 1 aliphatic heterocycles. The lowest BCUT2D eigenvalue weighted by Crippen LogP contribution is -2.54. The highest BCUT2D eigenvalue weighted by atomic mass is 79.9. The van der Waals surface area contributed by atoms with Gasteiger partial charge in [0.2, 0.25) is 0 Å². The van der Waals surface area contributed by atoms with Crippen molar-refractivity contribution in [2.45, 2.75) is 6.61 Å². The number of urea groups is 1. The summed E-state index contributed by atoms with van der Waals surface area (Å²) in [5.41, 5.74) is 1.11. The van der Waals surface area contributed by atoms with Gasteiger partial charge in [0.05, 0.1) is 11.3 Å². The number of benzene rings is 3. The summed E-state index contributed by atoms with van der Waals surface area (Å²) in [7, 11) is 0. The molecule has 0 atom stereocenters. The molecule has 0 unspecified atom stereocenters. The van der Waals surface area contributed by atoms with E-state index in [2.05, 4.69) is 21.2 Å². The van der Waals surface area contributed by atoms with Crippen molar-refractivity contribution in [3.05, 3.63) is 98.5 Å². The van der Waals surface area contributed by atoms with Gasteiger partial charge in [-0.25, -0.2) is 14.5 Å². The Kier molecular flexibility index (Phi) is 6.99. The van der Waals surface area contributed by atoms with Crippen molar-refractivity contribution in [3.8, 4) is 5.75 Å². The van der Waals surface area contributed by atoms with Crippen LogP contribution in [0.2, 0.25) is 5.02 Å². The Labute approximate surface area is 212 Å². The quantitative estimate of drug-likeness (QED) is 0.325. The second-order valence-corrected chi connectivity index (χ2v) is 8.76. The molecule has 0 aliphatic carbocycles. The van der Waals surface area contributed by atoms with E-state index in [-0.39, 0.29) is 23.4 Å². The third-order valence-electron chi connectivity index (χ3n) is 5.05. The van der Waals surface area contributed by atoms with Gasteiger partial charge >= 0.3 is 12.0 Å². The van der Waals surface area contributed by atoms with E-state index >= 15 is 0 Å². The number of aromatic carboxylic acids is 1. The van der Waals surface area contributed by atoms with Crippen molar-refractivity contribution in [2.24, 2.45) is 0 Å². The predicted octanol–water partition coefficient (Wildman–Crippen LogP) is 5.05. The first-order valence-corrected chi connectivity index (χ1v) is 11.3. The number of carboxylic acids is 1. The number of carboxylic acid groups (broad SMARTS) is 1. The maximum atomic E-state index is 13.2. The number of nitrogens with zero attached hydrogens (tertiary/aromatic N) is 1. The molecule has 0 bridgehead atoms. The molecule has 3 aromatic carbocycles. The average Bonchev–Trinajstić information content (AvgIpc) is 2.82. The van der Waals surface area contributed by atoms with E-state index in [0.29, 0.717) is 20.8 Å². The van der Waals surface area contributed by atoms with E-state index in [1.54, 1.807) is 30.3 Å². The first-order chi connectivity index (χ1) is 16.7. The Morgan fingerprint density at radius 2 is 1.71 bits per heavy atom. The lowest BCUT2D eigenvalue weighted by atomic mass is 10.1. The van der Waals surface area contributed by atoms with Crippen LogP contribution in [0.15, 0.2) is 76.8 Å². The van der Waals surface area contributed by atoms with Crippen LogP contribution in [0, 0.1) is 0 Å². The molecule has 4 rings (SSSR count). The zero-order valence-corrected chi connectivity index (χ0v) is 20.2. The first-order valence-electron chi connectivity index (χ1n) is 10.1. The number of imide groups is 2. The molecule has 8 nitrogen and oxygen atoms in total. The van der Waals surface area contributed by atoms with Crippen molar-refractivity contribution in [1.82, 2.24) is 5.32 Å². The Balaban J connectivity index is 1.65. The summed E-state index contributed by atoms with van der Waals surface area (Å²) < 4.78 is 6.59. The van der Waals surface area contributed by atoms with E-state index in [1.165, 1.54) is 30.3 Å². The van der Waals surface area contributed by atoms with Gasteiger partial charge in [-0.2, -0.15) is 0 Å². The third-order valence-corrected chi connectivity index (χ3v) is 5.80. The van der Waals surface area contributed by atoms with Gasteiger partial charge < -0.3 is 9.84 Å². The van der Waals surface area contributed by atoms with Crippen LogP contribution in [0.4, 0.5) is 10.5 Å². The summed E-state index contributed by atoms with van der Waals surface area (Å²) in [6.45, 7) is 0.218. The smallest absolute Gasteiger partial charge is 0.335 e. The number of nitrogens with one attached hydrogen (secondary N) is 1. The zero-order valence-electron chi connectivity index (χ0n) is 17.8. The van der Waals surface area contributed by atoms with E-state index in [9.17, 15) is 19.2 Å². The number of carbonyl (C=O) groups excluding carboxylic acids is 3. The highest BCUT2D eigenvalue weighted by molar-refractivity contribution is 9.10. The van der Waals surface area contributed by atoms with Gasteiger partial charge in [0.25, 0.3) is 11.8 Å². The third kappa shape index (κ3) is 5.42. The minimum Gasteiger partial charge on any atom is -0.488 e. The number of rotatable bonds is 6. The van der Waals surface area contributed by atoms with Gasteiger partial charge in [0, 0.05) is 15.1 Å². The highest BCUT2D eigenvalue weighted by Crippen LogP contribution is 2.29. The van der Waals surface area contributed by atoms with E-state index < -0.39 is 23.8 Å². The minimum absolute atomic E-state index is 0.0120. The molecule has 176 valence electrons. The number of hydrogen-bond acceptors (Lipinski definition) is 5. The van der Waals surface area contributed by atoms with Gasteiger partial charge in [-0.05, 0) is 66.2 Å². The number of amides is 4. The van der Waals surface area contributed by atoms with Crippen molar-refractivity contribution in [1.29, 1.82) is 0 Å². The van der Waals surface area contributed by atoms with Gasteiger partial charge in [-0.3, -0.25) is 14.9 Å². The van der Waals surface area contributed by atoms with Crippen LogP contribution in [-0.2, 0) is 16.2 Å². The van der Waals surface area contributed by atoms with Crippen LogP contribution in [0.5, 0.6) is 5.75 Å². The Bertz CT molecular complexity index is 1370. The van der Waals surface area contributed by atoms with Crippen molar-refractivity contribution in [3.63, 3.8) is 0 Å². The van der Waals surface area contributed by atoms with Crippen LogP contribution < -0.4 is 15.0 Å². The fourth-order valence-electron chi connectivity index (χ4n) is 3.31. The number of ether oxygens (including phenoxy) is 1. The number of barbiturate groups is 1. The number of anilines is 1. The molecule has 35 heavy (non-hydrogen) atoms. The summed E-state index contributed by atoms with van der Waals surface area (Å²) in [6.07, 6.45) is 1.34. The summed E-state index contributed by atoms with van der Waals surface area (Å²) in [4.78, 5) is 50.0. The SMILES string of the molecule is O=C1NC(=O)N(c2ccc(C(=O)O)cc2)C(=O)/C1=C/c1cc(Br)ccc1OCc1ccc(Cl)cc1. The second kappa shape index (κ2) is 10.1. The fraction of sp³-hybridized carbons (Fsp3) is 0.0400. The molecule has 0 radical (unpaired) electrons. The van der Waals surface area contributed by atoms with Gasteiger partial charge in [-0.1, -0.05) is 39.7 Å². The Hall–Kier alpha value is -3.95. The molecule has 1 aliphatic rings. The van der Waals surface area contributed by atoms with Crippen molar-refractivity contribution in [2.75, 3.05) is 4.90 Å². The van der Waals surface area contributed by atoms with Crippen molar-refractivity contribution < 1.29 is 29.0 Å². The maximum Gasteiger partial charge on any atom is 0.335 e. The lowest BCUT2D eigenvalue weighted by molar-refractivity contribution is -0.122. The maximum absolute atomic E-state index is 13.2. The molecule has 0 spiro atoms. The molecule has 0 aromatic heterocycles. The van der Waals surface area contributed by atoms with Crippen LogP contribution in [0.3, 0.4) is 0 Å². The molecular weight excluding hydrogens is 540 g/mol. The van der Waals surface area contributed by atoms with Gasteiger partial charge in [0.1, 0.15) is 17.9 Å². The molecule has 1 heterocycles. The number of carbonyl (C=O) groups is 4. The van der Waals surface area contributed by atoms with E-state index in [1.807, 2.05) is 12.1 Å². The standard InChI is InChI=1S/C25H16BrClN2O6/c26-17-5-10-21(35-13-14-1-6-18(27)7-2-14)16(11-17)12-20-22(30)28-25(34)29(23(20)31)19-8-3-15(4-9-19)24(32)33/h1-12H,13H2,(H,32,33)(H,28,30,34)/b20-12+. The normalized spacial score (nSPS) is 14.7. The summed E-state index contributed by atoms with van der Waals surface area (Å²) in [5.74, 6) is -2.46. The summed E-state index contributed by atoms with van der Waals surface area (Å²) in [6, 6.07) is 16.4. The Morgan fingerprint density at radius 1 is 1.03 bits per heavy atom. The fourth-order valence-corrected chi connectivity index (χ4v) is 3.81. The summed E-state index contributed by atoms with van der Waals surface area (Å²) in [5, 5.41) is 11.8. The van der Waals surface area contributed by atoms with E-state index in [0.717, 1.165) is 10.5 Å². The molecule has 1 saturated heterocycles. The molecule has 1 fully saturated rings. The minimum atomic E-state index is -1.15. The molecule has 4 amide bonds. The topological polar surface area (TPSA) is 113 Å². The van der Waals surface area contributed by atoms with Gasteiger partial charge in [-0.15, -0.1) is 0 Å². The lowest BCUT2D eigenvalue weighted by Gasteiger charge is -2.26. The highest BCUT2D eigenvalue weighted by Gasteiger charge is 2.37. The predicted molar refractivity (Wildman–Crippen MR) is 132 cm³/mol. The molecule has 0 saturated carbocycles. The van der Waals surface area contributed by atoms with Crippen LogP contribution >= 0.6 is 27.5 Å². The molecule has 10 heteroatoms. The summed E-state index contributed by atoms with van der Waals surface area (Å²) >= 11 is 9.29. The monoisotopic (exact) mass is 554 g/mol. The largest absolute Gasteiger partial charge is 0.488 e. The first kappa shape index (κ1) is 24.2. The van der Waals surface area contributed by atoms with Crippen LogP contribution in [0.25, 0.3) is 6.08 Å². The van der Waals surface area contributed by atoms with E-state index in [4.69, 9.17) is 21.4 Å². The average molecular weight is 556 g/mol. The molecule has 3 aromatic rings. The molecule has 2 N–H and O–H groups in total. The zero-order chi connectivity index (χ0) is 25.1. The van der Waals surface area contributed by atoms with Gasteiger partial charge in [0.15, 0.2) is 0 Å². The second-order valence-electron chi connectivity index (χ2n) is 7.41. The Morgan fingerprint density at radius 3 is 2.37 bits per heavy atom.